The first kappa shape index (κ1) is 13.6. The first-order valence-electron chi connectivity index (χ1n) is 6.19. The molecule has 21 heavy (non-hydrogen) atoms. The molecule has 0 aliphatic rings. The Morgan fingerprint density at radius 3 is 2.76 bits per heavy atom. The number of benzene rings is 2. The Kier molecular flexibility index (Phi) is 3.58. The van der Waals surface area contributed by atoms with Crippen molar-refractivity contribution >= 4 is 32.7 Å². The van der Waals surface area contributed by atoms with Crippen LogP contribution in [0.4, 0.5) is 0 Å². The van der Waals surface area contributed by atoms with Crippen molar-refractivity contribution in [3.8, 4) is 11.6 Å². The van der Waals surface area contributed by atoms with Crippen LogP contribution >= 0.6 is 15.9 Å². The highest BCUT2D eigenvalue weighted by molar-refractivity contribution is 9.10. The van der Waals surface area contributed by atoms with Gasteiger partial charge in [0, 0.05) is 16.1 Å². The van der Waals surface area contributed by atoms with Gasteiger partial charge in [0.25, 0.3) is 0 Å². The summed E-state index contributed by atoms with van der Waals surface area (Å²) >= 11 is 3.32. The average molecular weight is 344 g/mol. The van der Waals surface area contributed by atoms with Crippen molar-refractivity contribution in [3.63, 3.8) is 0 Å². The Labute approximate surface area is 129 Å². The van der Waals surface area contributed by atoms with E-state index in [-0.39, 0.29) is 11.3 Å². The lowest BCUT2D eigenvalue weighted by molar-refractivity contribution is 0.0694. The Morgan fingerprint density at radius 1 is 1.14 bits per heavy atom. The number of fused-ring (bicyclic) bond motifs is 1. The maximum atomic E-state index is 11.3. The van der Waals surface area contributed by atoms with Crippen LogP contribution in [0.2, 0.25) is 0 Å². The third-order valence-corrected chi connectivity index (χ3v) is 3.51. The summed E-state index contributed by atoms with van der Waals surface area (Å²) in [6, 6.07) is 14.3. The van der Waals surface area contributed by atoms with E-state index >= 15 is 0 Å². The molecular formula is C16H10BrNO3. The highest BCUT2D eigenvalue weighted by Gasteiger charge is 2.14. The third-order valence-electron chi connectivity index (χ3n) is 3.02. The second kappa shape index (κ2) is 5.54. The second-order valence-corrected chi connectivity index (χ2v) is 5.30. The zero-order valence-electron chi connectivity index (χ0n) is 10.8. The van der Waals surface area contributed by atoms with Gasteiger partial charge in [-0.15, -0.1) is 0 Å². The molecule has 0 radical (unpaired) electrons. The molecule has 0 spiro atoms. The first-order valence-corrected chi connectivity index (χ1v) is 6.99. The number of carboxylic acid groups (broad SMARTS) is 1. The van der Waals surface area contributed by atoms with E-state index in [0.29, 0.717) is 5.88 Å². The van der Waals surface area contributed by atoms with Crippen LogP contribution in [0, 0.1) is 0 Å². The predicted molar refractivity (Wildman–Crippen MR) is 82.9 cm³/mol. The van der Waals surface area contributed by atoms with Crippen molar-refractivity contribution in [2.75, 3.05) is 0 Å². The quantitative estimate of drug-likeness (QED) is 0.761. The summed E-state index contributed by atoms with van der Waals surface area (Å²) in [5, 5.41) is 11.0. The summed E-state index contributed by atoms with van der Waals surface area (Å²) in [6.45, 7) is 0. The van der Waals surface area contributed by atoms with Crippen LogP contribution in [-0.4, -0.2) is 16.1 Å². The summed E-state index contributed by atoms with van der Waals surface area (Å²) in [5.74, 6) is -0.410. The highest BCUT2D eigenvalue weighted by Crippen LogP contribution is 2.31. The minimum atomic E-state index is -1.04. The van der Waals surface area contributed by atoms with Crippen LogP contribution in [-0.2, 0) is 0 Å². The summed E-state index contributed by atoms with van der Waals surface area (Å²) in [7, 11) is 0. The molecule has 2 aromatic carbocycles. The van der Waals surface area contributed by atoms with E-state index in [4.69, 9.17) is 4.74 Å². The summed E-state index contributed by atoms with van der Waals surface area (Å²) in [6.07, 6.45) is 1.64. The number of hydrogen-bond donors (Lipinski definition) is 1. The standard InChI is InChI=1S/C16H10BrNO3/c17-11-5-6-13(16(19)20)14(9-11)21-15-12-4-2-1-3-10(12)7-8-18-15/h1-9H,(H,19,20). The highest BCUT2D eigenvalue weighted by atomic mass is 79.9. The number of rotatable bonds is 3. The topological polar surface area (TPSA) is 59.4 Å². The van der Waals surface area contributed by atoms with Gasteiger partial charge in [0.1, 0.15) is 11.3 Å². The van der Waals surface area contributed by atoms with Gasteiger partial charge in [0.2, 0.25) is 5.88 Å². The molecule has 0 unspecified atom stereocenters. The van der Waals surface area contributed by atoms with Gasteiger partial charge in [-0.25, -0.2) is 9.78 Å². The fraction of sp³-hybridized carbons (Fsp3) is 0. The lowest BCUT2D eigenvalue weighted by Gasteiger charge is -2.10. The molecule has 0 amide bonds. The molecule has 0 bridgehead atoms. The third kappa shape index (κ3) is 2.73. The molecule has 104 valence electrons. The predicted octanol–water partition coefficient (Wildman–Crippen LogP) is 4.49. The lowest BCUT2D eigenvalue weighted by atomic mass is 10.1. The van der Waals surface area contributed by atoms with E-state index in [0.717, 1.165) is 15.2 Å². The van der Waals surface area contributed by atoms with Crippen molar-refractivity contribution in [2.45, 2.75) is 0 Å². The summed E-state index contributed by atoms with van der Waals surface area (Å²) in [4.78, 5) is 15.5. The lowest BCUT2D eigenvalue weighted by Crippen LogP contribution is -2.00. The molecule has 0 aliphatic carbocycles. The second-order valence-electron chi connectivity index (χ2n) is 4.38. The van der Waals surface area contributed by atoms with Crippen LogP contribution in [0.1, 0.15) is 10.4 Å². The Balaban J connectivity index is 2.11. The molecule has 0 saturated heterocycles. The summed E-state index contributed by atoms with van der Waals surface area (Å²) < 4.78 is 6.48. The van der Waals surface area contributed by atoms with E-state index in [1.54, 1.807) is 18.3 Å². The largest absolute Gasteiger partial charge is 0.478 e. The minimum absolute atomic E-state index is 0.0907. The van der Waals surface area contributed by atoms with E-state index in [1.165, 1.54) is 6.07 Å². The number of carboxylic acids is 1. The van der Waals surface area contributed by atoms with Crippen molar-refractivity contribution in [1.82, 2.24) is 4.98 Å². The molecule has 4 nitrogen and oxygen atoms in total. The number of pyridine rings is 1. The Bertz CT molecular complexity index is 827. The number of aromatic nitrogens is 1. The normalized spacial score (nSPS) is 10.5. The number of aromatic carboxylic acids is 1. The molecule has 1 heterocycles. The van der Waals surface area contributed by atoms with Crippen molar-refractivity contribution in [1.29, 1.82) is 0 Å². The van der Waals surface area contributed by atoms with E-state index in [2.05, 4.69) is 20.9 Å². The molecule has 0 aliphatic heterocycles. The van der Waals surface area contributed by atoms with Crippen LogP contribution in [0.3, 0.4) is 0 Å². The molecule has 3 rings (SSSR count). The van der Waals surface area contributed by atoms with E-state index in [9.17, 15) is 9.90 Å². The van der Waals surface area contributed by atoms with Crippen molar-refractivity contribution < 1.29 is 14.6 Å². The molecule has 1 N–H and O–H groups in total. The minimum Gasteiger partial charge on any atom is -0.478 e. The van der Waals surface area contributed by atoms with Gasteiger partial charge >= 0.3 is 5.97 Å². The average Bonchev–Trinajstić information content (AvgIpc) is 2.47. The number of carbonyl (C=O) groups is 1. The molecule has 0 atom stereocenters. The molecular weight excluding hydrogens is 334 g/mol. The van der Waals surface area contributed by atoms with Gasteiger partial charge in [-0.3, -0.25) is 0 Å². The fourth-order valence-electron chi connectivity index (χ4n) is 2.03. The van der Waals surface area contributed by atoms with Crippen molar-refractivity contribution in [3.05, 3.63) is 64.8 Å². The number of halogens is 1. The number of ether oxygens (including phenoxy) is 1. The Hall–Kier alpha value is -2.40. The number of hydrogen-bond acceptors (Lipinski definition) is 3. The van der Waals surface area contributed by atoms with Gasteiger partial charge in [0.05, 0.1) is 0 Å². The van der Waals surface area contributed by atoms with Gasteiger partial charge in [-0.05, 0) is 35.7 Å². The Morgan fingerprint density at radius 2 is 1.95 bits per heavy atom. The van der Waals surface area contributed by atoms with Gasteiger partial charge in [0.15, 0.2) is 0 Å². The fourth-order valence-corrected chi connectivity index (χ4v) is 2.37. The van der Waals surface area contributed by atoms with Gasteiger partial charge in [-0.2, -0.15) is 0 Å². The van der Waals surface area contributed by atoms with Crippen LogP contribution in [0.5, 0.6) is 11.6 Å². The molecule has 1 aromatic heterocycles. The van der Waals surface area contributed by atoms with Gasteiger partial charge < -0.3 is 9.84 Å². The van der Waals surface area contributed by atoms with Gasteiger partial charge in [-0.1, -0.05) is 34.1 Å². The van der Waals surface area contributed by atoms with E-state index in [1.807, 2.05) is 30.3 Å². The number of nitrogens with zero attached hydrogens (tertiary/aromatic N) is 1. The molecule has 0 saturated carbocycles. The summed E-state index contributed by atoms with van der Waals surface area (Å²) in [5.41, 5.74) is 0.0907. The molecule has 3 aromatic rings. The first-order chi connectivity index (χ1) is 10.1. The monoisotopic (exact) mass is 343 g/mol. The van der Waals surface area contributed by atoms with Crippen LogP contribution in [0.15, 0.2) is 59.2 Å². The maximum Gasteiger partial charge on any atom is 0.339 e. The molecule has 0 fully saturated rings. The van der Waals surface area contributed by atoms with E-state index < -0.39 is 5.97 Å². The zero-order valence-corrected chi connectivity index (χ0v) is 12.4. The van der Waals surface area contributed by atoms with Crippen LogP contribution in [0.25, 0.3) is 10.8 Å². The van der Waals surface area contributed by atoms with Crippen molar-refractivity contribution in [2.24, 2.45) is 0 Å². The molecule has 5 heteroatoms. The van der Waals surface area contributed by atoms with Crippen LogP contribution < -0.4 is 4.74 Å². The maximum absolute atomic E-state index is 11.3. The smallest absolute Gasteiger partial charge is 0.339 e. The SMILES string of the molecule is O=C(O)c1ccc(Br)cc1Oc1nccc2ccccc12. The zero-order chi connectivity index (χ0) is 14.8.